The zero-order valence-electron chi connectivity index (χ0n) is 15.4. The van der Waals surface area contributed by atoms with Crippen molar-refractivity contribution in [3.63, 3.8) is 0 Å². The number of fused-ring (bicyclic) bond motifs is 2. The van der Waals surface area contributed by atoms with Gasteiger partial charge in [-0.25, -0.2) is 0 Å². The van der Waals surface area contributed by atoms with Crippen LogP contribution in [0.1, 0.15) is 46.5 Å². The summed E-state index contributed by atoms with van der Waals surface area (Å²) in [6.45, 7) is 1.90. The van der Waals surface area contributed by atoms with E-state index >= 15 is 0 Å². The maximum Gasteiger partial charge on any atom is 0.268 e. The molecule has 2 N–H and O–H groups in total. The Morgan fingerprint density at radius 1 is 1.11 bits per heavy atom. The van der Waals surface area contributed by atoms with Crippen LogP contribution in [0.15, 0.2) is 47.5 Å². The van der Waals surface area contributed by atoms with Crippen molar-refractivity contribution in [3.8, 4) is 0 Å². The summed E-state index contributed by atoms with van der Waals surface area (Å²) in [6.07, 6.45) is 6.55. The topological polar surface area (TPSA) is 58.2 Å². The molecule has 5 heteroatoms. The second kappa shape index (κ2) is 7.69. The maximum absolute atomic E-state index is 13.0. The Morgan fingerprint density at radius 3 is 2.63 bits per heavy atom. The Hall–Kier alpha value is -2.40. The lowest BCUT2D eigenvalue weighted by molar-refractivity contribution is -0.118. The van der Waals surface area contributed by atoms with Gasteiger partial charge in [0.2, 0.25) is 0 Å². The van der Waals surface area contributed by atoms with E-state index in [0.29, 0.717) is 17.2 Å². The highest BCUT2D eigenvalue weighted by atomic mass is 32.1. The van der Waals surface area contributed by atoms with Crippen molar-refractivity contribution in [2.75, 3.05) is 0 Å². The van der Waals surface area contributed by atoms with Gasteiger partial charge in [0.15, 0.2) is 0 Å². The molecule has 0 unspecified atom stereocenters. The number of carbonyl (C=O) groups is 2. The van der Waals surface area contributed by atoms with Crippen molar-refractivity contribution in [1.29, 1.82) is 0 Å². The first-order valence-corrected chi connectivity index (χ1v) is 10.4. The van der Waals surface area contributed by atoms with Gasteiger partial charge in [0, 0.05) is 16.5 Å². The van der Waals surface area contributed by atoms with Crippen molar-refractivity contribution in [1.82, 2.24) is 10.6 Å². The third kappa shape index (κ3) is 3.98. The van der Waals surface area contributed by atoms with Gasteiger partial charge in [0.1, 0.15) is 5.70 Å². The minimum Gasteiger partial charge on any atom is -0.348 e. The molecule has 1 aromatic carbocycles. The summed E-state index contributed by atoms with van der Waals surface area (Å²) in [4.78, 5) is 26.7. The lowest BCUT2D eigenvalue weighted by atomic mass is 9.95. The van der Waals surface area contributed by atoms with E-state index in [-0.39, 0.29) is 17.9 Å². The summed E-state index contributed by atoms with van der Waals surface area (Å²) in [6, 6.07) is 11.5. The van der Waals surface area contributed by atoms with Gasteiger partial charge in [-0.1, -0.05) is 30.7 Å². The van der Waals surface area contributed by atoms with Crippen LogP contribution in [0.3, 0.4) is 0 Å². The third-order valence-corrected chi connectivity index (χ3v) is 6.59. The van der Waals surface area contributed by atoms with Crippen LogP contribution in [-0.2, 0) is 4.79 Å². The highest BCUT2D eigenvalue weighted by Gasteiger charge is 2.40. The molecule has 0 spiro atoms. The lowest BCUT2D eigenvalue weighted by Crippen LogP contribution is -2.42. The van der Waals surface area contributed by atoms with Gasteiger partial charge < -0.3 is 10.6 Å². The predicted molar refractivity (Wildman–Crippen MR) is 108 cm³/mol. The molecule has 0 saturated heterocycles. The molecule has 2 bridgehead atoms. The summed E-state index contributed by atoms with van der Waals surface area (Å²) in [5.74, 6) is 0.905. The van der Waals surface area contributed by atoms with Crippen LogP contribution in [0.2, 0.25) is 0 Å². The lowest BCUT2D eigenvalue weighted by Gasteiger charge is -2.23. The van der Waals surface area contributed by atoms with Crippen molar-refractivity contribution in [2.45, 2.75) is 38.6 Å². The summed E-state index contributed by atoms with van der Waals surface area (Å²) in [5, 5.41) is 7.98. The molecule has 1 aromatic heterocycles. The van der Waals surface area contributed by atoms with Crippen LogP contribution in [0, 0.1) is 18.8 Å². The summed E-state index contributed by atoms with van der Waals surface area (Å²) in [5.41, 5.74) is 1.79. The van der Waals surface area contributed by atoms with Crippen LogP contribution in [0.25, 0.3) is 6.08 Å². The quantitative estimate of drug-likeness (QED) is 0.766. The number of carbonyl (C=O) groups excluding carboxylic acids is 2. The number of amides is 2. The molecule has 2 saturated carbocycles. The number of benzene rings is 1. The standard InChI is InChI=1S/C22H24N2O2S/c1-14-5-2-3-7-18(14)21(25)24-20(13-17-6-4-10-27-17)22(26)23-19-12-15-8-9-16(19)11-15/h2-7,10,13,15-16,19H,8-9,11-12H2,1H3,(H,23,26)(H,24,25)/b20-13-/t15-,16-,19-/m1/s1. The Bertz CT molecular complexity index is 872. The minimum atomic E-state index is -0.251. The van der Waals surface area contributed by atoms with Crippen molar-refractivity contribution >= 4 is 29.2 Å². The molecule has 1 heterocycles. The van der Waals surface area contributed by atoms with E-state index in [1.807, 2.05) is 42.6 Å². The largest absolute Gasteiger partial charge is 0.348 e. The Labute approximate surface area is 163 Å². The van der Waals surface area contributed by atoms with Gasteiger partial charge >= 0.3 is 0 Å². The van der Waals surface area contributed by atoms with E-state index in [4.69, 9.17) is 0 Å². The van der Waals surface area contributed by atoms with Gasteiger partial charge in [-0.3, -0.25) is 9.59 Å². The second-order valence-electron chi connectivity index (χ2n) is 7.60. The number of thiophene rings is 1. The first-order chi connectivity index (χ1) is 13.1. The fourth-order valence-corrected chi connectivity index (χ4v) is 5.02. The number of hydrogen-bond donors (Lipinski definition) is 2. The van der Waals surface area contributed by atoms with Gasteiger partial charge in [-0.05, 0) is 67.2 Å². The zero-order chi connectivity index (χ0) is 18.8. The molecular formula is C22H24N2O2S. The number of nitrogens with one attached hydrogen (secondary N) is 2. The highest BCUT2D eigenvalue weighted by molar-refractivity contribution is 7.10. The smallest absolute Gasteiger partial charge is 0.268 e. The van der Waals surface area contributed by atoms with E-state index < -0.39 is 0 Å². The van der Waals surface area contributed by atoms with Gasteiger partial charge in [-0.15, -0.1) is 11.3 Å². The molecule has 2 amide bonds. The first-order valence-electron chi connectivity index (χ1n) is 9.53. The molecule has 2 aliphatic carbocycles. The molecule has 2 aliphatic rings. The second-order valence-corrected chi connectivity index (χ2v) is 8.58. The number of hydrogen-bond acceptors (Lipinski definition) is 3. The van der Waals surface area contributed by atoms with E-state index in [1.165, 1.54) is 19.3 Å². The van der Waals surface area contributed by atoms with Crippen molar-refractivity contribution in [2.24, 2.45) is 11.8 Å². The molecule has 4 rings (SSSR count). The van der Waals surface area contributed by atoms with E-state index in [0.717, 1.165) is 22.8 Å². The highest BCUT2D eigenvalue weighted by Crippen LogP contribution is 2.44. The Balaban J connectivity index is 1.53. The Morgan fingerprint density at radius 2 is 1.96 bits per heavy atom. The molecule has 140 valence electrons. The maximum atomic E-state index is 13.0. The van der Waals surface area contributed by atoms with Crippen molar-refractivity contribution in [3.05, 3.63) is 63.5 Å². The summed E-state index contributed by atoms with van der Waals surface area (Å²) < 4.78 is 0. The fraction of sp³-hybridized carbons (Fsp3) is 0.364. The van der Waals surface area contributed by atoms with Crippen LogP contribution < -0.4 is 10.6 Å². The monoisotopic (exact) mass is 380 g/mol. The van der Waals surface area contributed by atoms with Crippen LogP contribution in [0.4, 0.5) is 0 Å². The summed E-state index contributed by atoms with van der Waals surface area (Å²) in [7, 11) is 0. The van der Waals surface area contributed by atoms with Crippen LogP contribution in [0.5, 0.6) is 0 Å². The third-order valence-electron chi connectivity index (χ3n) is 5.77. The molecule has 0 aliphatic heterocycles. The van der Waals surface area contributed by atoms with E-state index in [9.17, 15) is 9.59 Å². The predicted octanol–water partition coefficient (Wildman–Crippen LogP) is 4.13. The Kier molecular flexibility index (Phi) is 5.12. The van der Waals surface area contributed by atoms with Crippen LogP contribution >= 0.6 is 11.3 Å². The minimum absolute atomic E-state index is 0.192. The molecule has 2 aromatic rings. The van der Waals surface area contributed by atoms with Gasteiger partial charge in [-0.2, -0.15) is 0 Å². The molecule has 3 atom stereocenters. The van der Waals surface area contributed by atoms with E-state index in [2.05, 4.69) is 10.6 Å². The molecular weight excluding hydrogens is 356 g/mol. The zero-order valence-corrected chi connectivity index (χ0v) is 16.2. The molecule has 2 fully saturated rings. The SMILES string of the molecule is Cc1ccccc1C(=O)N/C(=C\c1cccs1)C(=O)N[C@@H]1C[C@@H]2CC[C@@H]1C2. The first kappa shape index (κ1) is 18.0. The molecule has 4 nitrogen and oxygen atoms in total. The molecule has 27 heavy (non-hydrogen) atoms. The van der Waals surface area contributed by atoms with E-state index in [1.54, 1.807) is 23.5 Å². The van der Waals surface area contributed by atoms with Gasteiger partial charge in [0.05, 0.1) is 0 Å². The number of rotatable bonds is 5. The normalized spacial score (nSPS) is 24.0. The average Bonchev–Trinajstić information content (AvgIpc) is 3.39. The molecule has 0 radical (unpaired) electrons. The van der Waals surface area contributed by atoms with Crippen LogP contribution in [-0.4, -0.2) is 17.9 Å². The fourth-order valence-electron chi connectivity index (χ4n) is 4.36. The van der Waals surface area contributed by atoms with Gasteiger partial charge in [0.25, 0.3) is 11.8 Å². The number of aryl methyl sites for hydroxylation is 1. The summed E-state index contributed by atoms with van der Waals surface area (Å²) >= 11 is 1.54. The van der Waals surface area contributed by atoms with Crippen molar-refractivity contribution < 1.29 is 9.59 Å². The average molecular weight is 381 g/mol.